The number of hydrogen-bond donors (Lipinski definition) is 0. The maximum Gasteiger partial charge on any atom is 0.236 e. The molecule has 0 aliphatic rings. The van der Waals surface area contributed by atoms with Crippen LogP contribution in [0.1, 0.15) is 27.7 Å². The second-order valence-electron chi connectivity index (χ2n) is 3.38. The maximum absolute atomic E-state index is 11.3. The molecule has 0 aromatic heterocycles. The van der Waals surface area contributed by atoms with Gasteiger partial charge in [-0.1, -0.05) is 26.8 Å². The van der Waals surface area contributed by atoms with Crippen molar-refractivity contribution >= 4 is 12.1 Å². The Morgan fingerprint density at radius 1 is 1.36 bits per heavy atom. The fraction of sp³-hybridized carbons (Fsp3) is 0.556. The van der Waals surface area contributed by atoms with Crippen molar-refractivity contribution in [1.29, 1.82) is 0 Å². The molecule has 2 heteroatoms. The molecule has 0 spiro atoms. The van der Waals surface area contributed by atoms with Crippen LogP contribution in [-0.2, 0) is 9.59 Å². The smallest absolute Gasteiger partial charge is 0.236 e. The van der Waals surface area contributed by atoms with Gasteiger partial charge < -0.3 is 0 Å². The first-order chi connectivity index (χ1) is 4.93. The third-order valence-corrected chi connectivity index (χ3v) is 1.32. The number of rotatable bonds is 2. The van der Waals surface area contributed by atoms with Gasteiger partial charge in [-0.2, -0.15) is 0 Å². The van der Waals surface area contributed by atoms with Crippen molar-refractivity contribution in [3.63, 3.8) is 0 Å². The van der Waals surface area contributed by atoms with E-state index in [4.69, 9.17) is 0 Å². The molecule has 0 saturated carbocycles. The maximum atomic E-state index is 11.3. The van der Waals surface area contributed by atoms with E-state index < -0.39 is 5.41 Å². The van der Waals surface area contributed by atoms with Crippen LogP contribution in [0.3, 0.4) is 0 Å². The summed E-state index contributed by atoms with van der Waals surface area (Å²) in [4.78, 5) is 21.5. The normalized spacial score (nSPS) is 12.9. The summed E-state index contributed by atoms with van der Waals surface area (Å²) in [5.74, 6) is -0.157. The third kappa shape index (κ3) is 2.66. The van der Waals surface area contributed by atoms with Crippen molar-refractivity contribution in [1.82, 2.24) is 0 Å². The number of ketones is 1. The fourth-order valence-electron chi connectivity index (χ4n) is 0.640. The van der Waals surface area contributed by atoms with Crippen LogP contribution in [0.25, 0.3) is 0 Å². The second-order valence-corrected chi connectivity index (χ2v) is 3.38. The summed E-state index contributed by atoms with van der Waals surface area (Å²) in [7, 11) is 0. The van der Waals surface area contributed by atoms with Crippen molar-refractivity contribution in [3.8, 4) is 0 Å². The van der Waals surface area contributed by atoms with Crippen LogP contribution in [0.2, 0.25) is 0 Å². The number of carbonyl (C=O) groups is 1. The molecule has 0 aliphatic carbocycles. The summed E-state index contributed by atoms with van der Waals surface area (Å²) in [5.41, 5.74) is -0.350. The van der Waals surface area contributed by atoms with Gasteiger partial charge in [0.05, 0.1) is 5.57 Å². The van der Waals surface area contributed by atoms with Gasteiger partial charge in [-0.25, -0.2) is 0 Å². The number of hydrogen-bond acceptors (Lipinski definition) is 2. The molecule has 1 radical (unpaired) electrons. The van der Waals surface area contributed by atoms with Crippen LogP contribution in [0.5, 0.6) is 0 Å². The third-order valence-electron chi connectivity index (χ3n) is 1.32. The molecule has 0 N–H and O–H groups in total. The first-order valence-corrected chi connectivity index (χ1v) is 3.52. The lowest BCUT2D eigenvalue weighted by Crippen LogP contribution is -2.22. The monoisotopic (exact) mass is 153 g/mol. The Morgan fingerprint density at radius 2 is 1.82 bits per heavy atom. The van der Waals surface area contributed by atoms with E-state index in [0.717, 1.165) is 0 Å². The van der Waals surface area contributed by atoms with Crippen molar-refractivity contribution < 1.29 is 9.59 Å². The minimum atomic E-state index is -0.487. The molecule has 0 amide bonds. The van der Waals surface area contributed by atoms with Crippen molar-refractivity contribution in [2.75, 3.05) is 0 Å². The zero-order valence-corrected chi connectivity index (χ0v) is 7.39. The van der Waals surface area contributed by atoms with E-state index in [-0.39, 0.29) is 11.4 Å². The molecule has 0 heterocycles. The van der Waals surface area contributed by atoms with Gasteiger partial charge in [-0.15, -0.1) is 0 Å². The lowest BCUT2D eigenvalue weighted by Gasteiger charge is -2.15. The minimum Gasteiger partial charge on any atom is -0.293 e. The number of carbonyl (C=O) groups excluding carboxylic acids is 2. The first kappa shape index (κ1) is 10.1. The van der Waals surface area contributed by atoms with Gasteiger partial charge in [0, 0.05) is 5.41 Å². The predicted octanol–water partition coefficient (Wildman–Crippen LogP) is 1.66. The van der Waals surface area contributed by atoms with Crippen LogP contribution < -0.4 is 0 Å². The average Bonchev–Trinajstić information content (AvgIpc) is 1.88. The van der Waals surface area contributed by atoms with Crippen LogP contribution in [0.4, 0.5) is 0 Å². The van der Waals surface area contributed by atoms with E-state index in [1.807, 2.05) is 0 Å². The van der Waals surface area contributed by atoms with Crippen molar-refractivity contribution in [2.24, 2.45) is 5.41 Å². The molecule has 2 nitrogen and oxygen atoms in total. The molecule has 0 fully saturated rings. The Bertz CT molecular complexity index is 194. The topological polar surface area (TPSA) is 34.1 Å². The molecule has 0 atom stereocenters. The summed E-state index contributed by atoms with van der Waals surface area (Å²) in [6.45, 7) is 6.98. The van der Waals surface area contributed by atoms with E-state index in [2.05, 4.69) is 0 Å². The quantitative estimate of drug-likeness (QED) is 0.343. The van der Waals surface area contributed by atoms with E-state index in [1.54, 1.807) is 34.0 Å². The van der Waals surface area contributed by atoms with Gasteiger partial charge in [-0.3, -0.25) is 9.59 Å². The van der Waals surface area contributed by atoms with Crippen LogP contribution in [0.15, 0.2) is 11.6 Å². The van der Waals surface area contributed by atoms with Gasteiger partial charge in [-0.05, 0) is 6.92 Å². The number of Topliss-reactive ketones (excluding diaryl/α,β-unsaturated/α-hetero) is 1. The number of allylic oxidation sites excluding steroid dienone is 2. The van der Waals surface area contributed by atoms with E-state index in [0.29, 0.717) is 0 Å². The second kappa shape index (κ2) is 3.46. The summed E-state index contributed by atoms with van der Waals surface area (Å²) in [6, 6.07) is 0. The molecule has 0 bridgehead atoms. The first-order valence-electron chi connectivity index (χ1n) is 3.52. The molecule has 0 saturated heterocycles. The van der Waals surface area contributed by atoms with Crippen LogP contribution in [0, 0.1) is 5.41 Å². The van der Waals surface area contributed by atoms with Crippen LogP contribution >= 0.6 is 0 Å². The van der Waals surface area contributed by atoms with Gasteiger partial charge in [0.2, 0.25) is 6.29 Å². The Morgan fingerprint density at radius 3 is 1.91 bits per heavy atom. The largest absolute Gasteiger partial charge is 0.293 e. The molecular formula is C9H13O2. The van der Waals surface area contributed by atoms with Crippen molar-refractivity contribution in [3.05, 3.63) is 11.6 Å². The highest BCUT2D eigenvalue weighted by Gasteiger charge is 2.24. The highest BCUT2D eigenvalue weighted by atomic mass is 16.1. The average molecular weight is 153 g/mol. The Kier molecular flexibility index (Phi) is 3.18. The van der Waals surface area contributed by atoms with E-state index in [1.165, 1.54) is 6.08 Å². The highest BCUT2D eigenvalue weighted by molar-refractivity contribution is 6.13. The van der Waals surface area contributed by atoms with Crippen LogP contribution in [-0.4, -0.2) is 12.1 Å². The molecular weight excluding hydrogens is 140 g/mol. The van der Waals surface area contributed by atoms with Crippen molar-refractivity contribution in [2.45, 2.75) is 27.7 Å². The molecule has 0 aromatic rings. The van der Waals surface area contributed by atoms with E-state index in [9.17, 15) is 9.59 Å². The zero-order valence-electron chi connectivity index (χ0n) is 7.39. The van der Waals surface area contributed by atoms with Gasteiger partial charge >= 0.3 is 0 Å². The Hall–Kier alpha value is -0.920. The lowest BCUT2D eigenvalue weighted by molar-refractivity contribution is -0.121. The zero-order chi connectivity index (χ0) is 9.07. The van der Waals surface area contributed by atoms with Gasteiger partial charge in [0.15, 0.2) is 5.78 Å². The van der Waals surface area contributed by atoms with Gasteiger partial charge in [0.25, 0.3) is 0 Å². The molecule has 61 valence electrons. The molecule has 11 heavy (non-hydrogen) atoms. The molecule has 0 unspecified atom stereocenters. The lowest BCUT2D eigenvalue weighted by atomic mass is 9.87. The summed E-state index contributed by atoms with van der Waals surface area (Å²) in [5, 5.41) is 0. The van der Waals surface area contributed by atoms with Gasteiger partial charge in [0.1, 0.15) is 0 Å². The fourth-order valence-corrected chi connectivity index (χ4v) is 0.640. The van der Waals surface area contributed by atoms with E-state index >= 15 is 0 Å². The highest BCUT2D eigenvalue weighted by Crippen LogP contribution is 2.18. The molecule has 0 rings (SSSR count). The minimum absolute atomic E-state index is 0.137. The standard InChI is InChI=1S/C9H13O2/c1-5-7(6-10)8(11)9(2,3)4/h5H,1-4H3. The molecule has 0 aliphatic heterocycles. The summed E-state index contributed by atoms with van der Waals surface area (Å²) < 4.78 is 0. The summed E-state index contributed by atoms with van der Waals surface area (Å²) >= 11 is 0. The predicted molar refractivity (Wildman–Crippen MR) is 43.9 cm³/mol. The Balaban J connectivity index is 4.62. The SMILES string of the molecule is CC=C([C]=O)C(=O)C(C)(C)C. The summed E-state index contributed by atoms with van der Waals surface area (Å²) in [6.07, 6.45) is 3.11. The molecule has 0 aromatic carbocycles. The Labute approximate surface area is 67.3 Å².